The number of amides is 3. The molecule has 0 aliphatic heterocycles. The van der Waals surface area contributed by atoms with Crippen molar-refractivity contribution in [3.63, 3.8) is 0 Å². The highest BCUT2D eigenvalue weighted by Crippen LogP contribution is 2.11. The van der Waals surface area contributed by atoms with Crippen LogP contribution >= 0.6 is 0 Å². The Morgan fingerprint density at radius 2 is 1.00 bits per heavy atom. The van der Waals surface area contributed by atoms with Crippen molar-refractivity contribution in [2.45, 2.75) is 19.6 Å². The highest BCUT2D eigenvalue weighted by atomic mass is 16.2. The summed E-state index contributed by atoms with van der Waals surface area (Å²) in [5.41, 5.74) is 3.87. The van der Waals surface area contributed by atoms with Crippen LogP contribution in [0.5, 0.6) is 0 Å². The zero-order valence-corrected chi connectivity index (χ0v) is 34.6. The van der Waals surface area contributed by atoms with Crippen LogP contribution in [0.2, 0.25) is 0 Å². The van der Waals surface area contributed by atoms with Crippen LogP contribution in [0.25, 0.3) is 10.8 Å². The van der Waals surface area contributed by atoms with Crippen LogP contribution in [0.1, 0.15) is 47.8 Å². The summed E-state index contributed by atoms with van der Waals surface area (Å²) in [6, 6.07) is 28.8. The van der Waals surface area contributed by atoms with Gasteiger partial charge in [-0.05, 0) is 59.2 Å². The molecule has 3 heterocycles. The Morgan fingerprint density at radius 3 is 1.48 bits per heavy atom. The molecule has 61 heavy (non-hydrogen) atoms. The zero-order chi connectivity index (χ0) is 44.1. The number of hydrogen-bond donors (Lipinski definition) is 0. The van der Waals surface area contributed by atoms with Crippen molar-refractivity contribution in [2.24, 2.45) is 0 Å². The summed E-state index contributed by atoms with van der Waals surface area (Å²) >= 11 is 0. The maximum atomic E-state index is 12.4. The van der Waals surface area contributed by atoms with Crippen molar-refractivity contribution in [1.82, 2.24) is 54.0 Å². The van der Waals surface area contributed by atoms with Crippen LogP contribution in [-0.2, 0) is 19.6 Å². The van der Waals surface area contributed by atoms with E-state index in [1.165, 1.54) is 53.5 Å². The summed E-state index contributed by atoms with van der Waals surface area (Å²) in [6.07, 6.45) is 7.08. The molecule has 3 amide bonds. The van der Waals surface area contributed by atoms with Crippen LogP contribution in [0.3, 0.4) is 0 Å². The molecule has 0 spiro atoms. The lowest BCUT2D eigenvalue weighted by Crippen LogP contribution is -2.25. The van der Waals surface area contributed by atoms with E-state index in [1.807, 2.05) is 42.5 Å². The predicted molar refractivity (Wildman–Crippen MR) is 229 cm³/mol. The van der Waals surface area contributed by atoms with Gasteiger partial charge < -0.3 is 14.7 Å². The molecule has 0 radical (unpaired) electrons. The number of nitrogens with zero attached hydrogens (tertiary/aromatic N) is 11. The van der Waals surface area contributed by atoms with Crippen LogP contribution in [0.15, 0.2) is 143 Å². The van der Waals surface area contributed by atoms with Gasteiger partial charge in [-0.25, -0.2) is 14.2 Å². The van der Waals surface area contributed by atoms with Gasteiger partial charge in [0.1, 0.15) is 12.5 Å². The van der Waals surface area contributed by atoms with E-state index in [1.54, 1.807) is 103 Å². The lowest BCUT2D eigenvalue weighted by molar-refractivity contribution is 0.0820. The fraction of sp³-hybridized carbons (Fsp3) is 0.205. The van der Waals surface area contributed by atoms with Gasteiger partial charge in [-0.15, -0.1) is 5.10 Å². The van der Waals surface area contributed by atoms with E-state index in [2.05, 4.69) is 25.4 Å². The van der Waals surface area contributed by atoms with Gasteiger partial charge in [-0.2, -0.15) is 20.3 Å². The smallest absolute Gasteiger partial charge is 0.345 e. The third kappa shape index (κ3) is 12.0. The monoisotopic (exact) mass is 823 g/mol. The molecule has 0 aliphatic carbocycles. The van der Waals surface area contributed by atoms with E-state index in [0.29, 0.717) is 41.7 Å². The first-order valence-electron chi connectivity index (χ1n) is 18.8. The molecule has 17 nitrogen and oxygen atoms in total. The molecular weight excluding hydrogens is 779 g/mol. The van der Waals surface area contributed by atoms with Gasteiger partial charge in [0.15, 0.2) is 0 Å². The van der Waals surface area contributed by atoms with E-state index < -0.39 is 5.69 Å². The Morgan fingerprint density at radius 1 is 0.525 bits per heavy atom. The van der Waals surface area contributed by atoms with Crippen molar-refractivity contribution in [2.75, 3.05) is 42.3 Å². The van der Waals surface area contributed by atoms with Crippen LogP contribution in [0.4, 0.5) is 0 Å². The van der Waals surface area contributed by atoms with Crippen molar-refractivity contribution in [3.05, 3.63) is 193 Å². The van der Waals surface area contributed by atoms with Crippen molar-refractivity contribution >= 4 is 28.5 Å². The molecule has 4 aromatic carbocycles. The molecule has 0 N–H and O–H groups in total. The molecule has 3 aromatic heterocycles. The number of rotatable bonds is 9. The topological polar surface area (TPSA) is 191 Å². The molecule has 0 bridgehead atoms. The van der Waals surface area contributed by atoms with Gasteiger partial charge >= 0.3 is 5.69 Å². The Labute approximate surface area is 350 Å². The molecule has 7 rings (SSSR count). The highest BCUT2D eigenvalue weighted by Gasteiger charge is 2.11. The summed E-state index contributed by atoms with van der Waals surface area (Å²) in [7, 11) is 10.3. The average molecular weight is 824 g/mol. The van der Waals surface area contributed by atoms with Gasteiger partial charge in [-0.3, -0.25) is 28.5 Å². The number of fused-ring (bicyclic) bond motifs is 1. The fourth-order valence-electron chi connectivity index (χ4n) is 5.67. The summed E-state index contributed by atoms with van der Waals surface area (Å²) in [6.45, 7) is 1.12. The largest absolute Gasteiger partial charge is 0.364 e. The standard InChI is InChI=1S/C18H17N3O2.2C13H14N4O2/c1-20(2)17(22)14-9-7-13(8-10-14)12-21-18(23)16-6-4-3-5-15(16)11-19-21;1-16(2)13(19)11-5-3-10(4-6-11)8-17-9-15-14-7-12(17)18;1-16(2)12(18)11-5-3-10(4-6-11)9-17-13(19)14-7-8-15-17/h3-11H,12H2,1-2H3;3-7,9H,8H2,1-2H3;3-8H,9H2,1-2H3. The molecule has 17 heteroatoms. The number of carbonyl (C=O) groups is 3. The molecule has 0 saturated carbocycles. The molecule has 0 saturated heterocycles. The number of hydrogen-bond acceptors (Lipinski definition) is 11. The van der Waals surface area contributed by atoms with E-state index in [0.717, 1.165) is 22.1 Å². The quantitative estimate of drug-likeness (QED) is 0.208. The number of carbonyl (C=O) groups excluding carboxylic acids is 3. The minimum atomic E-state index is -0.393. The maximum absolute atomic E-state index is 12.4. The van der Waals surface area contributed by atoms with Crippen molar-refractivity contribution in [1.29, 1.82) is 0 Å². The first-order valence-corrected chi connectivity index (χ1v) is 18.8. The maximum Gasteiger partial charge on any atom is 0.364 e. The first kappa shape index (κ1) is 44.2. The lowest BCUT2D eigenvalue weighted by Gasteiger charge is -2.11. The SMILES string of the molecule is CN(C)C(=O)c1ccc(Cn2cnncc2=O)cc1.CN(C)C(=O)c1ccc(Cn2ncc3ccccc3c2=O)cc1.CN(C)C(=O)c1ccc(Cn2nccnc2=O)cc1. The minimum absolute atomic E-state index is 0.0439. The lowest BCUT2D eigenvalue weighted by atomic mass is 10.1. The Hall–Kier alpha value is -7.95. The summed E-state index contributed by atoms with van der Waals surface area (Å²) < 4.78 is 4.16. The van der Waals surface area contributed by atoms with Gasteiger partial charge in [0.05, 0.1) is 43.6 Å². The molecule has 0 fully saturated rings. The molecule has 312 valence electrons. The molecular formula is C44H45N11O6. The normalized spacial score (nSPS) is 10.4. The third-order valence-corrected chi connectivity index (χ3v) is 8.99. The average Bonchev–Trinajstić information content (AvgIpc) is 3.26. The number of aromatic nitrogens is 8. The van der Waals surface area contributed by atoms with E-state index in [-0.39, 0.29) is 28.8 Å². The van der Waals surface area contributed by atoms with Crippen molar-refractivity contribution < 1.29 is 14.4 Å². The highest BCUT2D eigenvalue weighted by molar-refractivity contribution is 5.95. The Balaban J connectivity index is 0.000000174. The Bertz CT molecular complexity index is 2660. The second-order valence-corrected chi connectivity index (χ2v) is 14.2. The van der Waals surface area contributed by atoms with E-state index in [9.17, 15) is 28.8 Å². The molecule has 0 aliphatic rings. The van der Waals surface area contributed by atoms with E-state index >= 15 is 0 Å². The molecule has 0 atom stereocenters. The summed E-state index contributed by atoms with van der Waals surface area (Å²) in [5.74, 6) is -0.143. The third-order valence-electron chi connectivity index (χ3n) is 8.99. The number of benzene rings is 4. The van der Waals surface area contributed by atoms with Gasteiger partial charge in [-0.1, -0.05) is 54.6 Å². The predicted octanol–water partition coefficient (Wildman–Crippen LogP) is 2.92. The van der Waals surface area contributed by atoms with Gasteiger partial charge in [0, 0.05) is 64.4 Å². The second-order valence-electron chi connectivity index (χ2n) is 14.2. The zero-order valence-electron chi connectivity index (χ0n) is 34.6. The summed E-state index contributed by atoms with van der Waals surface area (Å²) in [4.78, 5) is 78.8. The van der Waals surface area contributed by atoms with Gasteiger partial charge in [0.25, 0.3) is 28.8 Å². The van der Waals surface area contributed by atoms with Crippen LogP contribution in [0, 0.1) is 0 Å². The van der Waals surface area contributed by atoms with Gasteiger partial charge in [0.2, 0.25) is 0 Å². The van der Waals surface area contributed by atoms with Crippen molar-refractivity contribution in [3.8, 4) is 0 Å². The summed E-state index contributed by atoms with van der Waals surface area (Å²) in [5, 5.41) is 16.8. The second kappa shape index (κ2) is 20.6. The Kier molecular flexibility index (Phi) is 14.9. The molecule has 0 unspecified atom stereocenters. The molecule has 7 aromatic rings. The van der Waals surface area contributed by atoms with E-state index in [4.69, 9.17) is 0 Å². The first-order chi connectivity index (χ1) is 29.2. The fourth-order valence-corrected chi connectivity index (χ4v) is 5.67. The minimum Gasteiger partial charge on any atom is -0.345 e. The van der Waals surface area contributed by atoms with Crippen LogP contribution < -0.4 is 16.8 Å². The van der Waals surface area contributed by atoms with Crippen LogP contribution in [-0.4, -0.2) is 114 Å².